The van der Waals surface area contributed by atoms with Gasteiger partial charge in [-0.3, -0.25) is 14.4 Å². The van der Waals surface area contributed by atoms with Crippen molar-refractivity contribution in [2.24, 2.45) is 0 Å². The predicted octanol–water partition coefficient (Wildman–Crippen LogP) is 3.23. The number of aromatic amines is 1. The fourth-order valence-electron chi connectivity index (χ4n) is 3.95. The highest BCUT2D eigenvalue weighted by Gasteiger charge is 2.24. The van der Waals surface area contributed by atoms with E-state index < -0.39 is 23.1 Å². The SMILES string of the molecule is O=C1Nc2cc(C=CCNC(=O)c3nccn(Cc4ccc(F)c(F)c4)c3=O)ccc2C1=Cc1cnc[nH]1. The van der Waals surface area contributed by atoms with E-state index >= 15 is 0 Å². The molecule has 0 saturated carbocycles. The number of nitrogens with one attached hydrogen (secondary N) is 3. The minimum atomic E-state index is -1.02. The molecule has 3 N–H and O–H groups in total. The van der Waals surface area contributed by atoms with Crippen molar-refractivity contribution in [2.45, 2.75) is 6.54 Å². The summed E-state index contributed by atoms with van der Waals surface area (Å²) in [6.07, 6.45) is 11.0. The van der Waals surface area contributed by atoms with E-state index in [1.165, 1.54) is 29.4 Å². The van der Waals surface area contributed by atoms with E-state index in [1.807, 2.05) is 18.2 Å². The molecule has 38 heavy (non-hydrogen) atoms. The molecule has 2 aromatic heterocycles. The van der Waals surface area contributed by atoms with E-state index in [-0.39, 0.29) is 24.7 Å². The smallest absolute Gasteiger partial charge is 0.282 e. The van der Waals surface area contributed by atoms with Crippen LogP contribution in [0.4, 0.5) is 14.5 Å². The molecule has 9 nitrogen and oxygen atoms in total. The molecule has 2 aromatic carbocycles. The van der Waals surface area contributed by atoms with Gasteiger partial charge in [-0.15, -0.1) is 0 Å². The van der Waals surface area contributed by atoms with Gasteiger partial charge in [0.25, 0.3) is 17.4 Å². The number of aromatic nitrogens is 4. The molecule has 0 fully saturated rings. The molecule has 0 saturated heterocycles. The molecule has 0 radical (unpaired) electrons. The van der Waals surface area contributed by atoms with Gasteiger partial charge < -0.3 is 20.2 Å². The minimum absolute atomic E-state index is 0.0492. The number of nitrogens with zero attached hydrogens (tertiary/aromatic N) is 3. The third-order valence-electron chi connectivity index (χ3n) is 5.80. The Kier molecular flexibility index (Phi) is 6.72. The van der Waals surface area contributed by atoms with E-state index in [9.17, 15) is 23.2 Å². The Morgan fingerprint density at radius 2 is 1.97 bits per heavy atom. The first-order chi connectivity index (χ1) is 18.4. The average Bonchev–Trinajstić information content (AvgIpc) is 3.53. The zero-order valence-electron chi connectivity index (χ0n) is 19.7. The summed E-state index contributed by atoms with van der Waals surface area (Å²) in [6.45, 7) is 0.0683. The monoisotopic (exact) mass is 514 g/mol. The molecular weight excluding hydrogens is 494 g/mol. The second-order valence-electron chi connectivity index (χ2n) is 8.39. The molecule has 190 valence electrons. The zero-order chi connectivity index (χ0) is 26.6. The molecule has 3 heterocycles. The fourth-order valence-corrected chi connectivity index (χ4v) is 3.95. The molecule has 0 unspecified atom stereocenters. The summed E-state index contributed by atoms with van der Waals surface area (Å²) in [6, 6.07) is 8.81. The summed E-state index contributed by atoms with van der Waals surface area (Å²) in [5.74, 6) is -2.89. The number of carbonyl (C=O) groups excluding carboxylic acids is 2. The van der Waals surface area contributed by atoms with Gasteiger partial charge >= 0.3 is 0 Å². The molecule has 0 bridgehead atoms. The molecule has 5 rings (SSSR count). The molecule has 11 heteroatoms. The number of hydrogen-bond acceptors (Lipinski definition) is 5. The molecule has 1 aliphatic heterocycles. The first-order valence-corrected chi connectivity index (χ1v) is 11.5. The number of halogens is 2. The Hall–Kier alpha value is -5.19. The van der Waals surface area contributed by atoms with Crippen LogP contribution in [0.5, 0.6) is 0 Å². The van der Waals surface area contributed by atoms with Crippen molar-refractivity contribution in [3.63, 3.8) is 0 Å². The van der Waals surface area contributed by atoms with Crippen molar-refractivity contribution in [1.82, 2.24) is 24.8 Å². The van der Waals surface area contributed by atoms with Crippen molar-refractivity contribution in [1.29, 1.82) is 0 Å². The summed E-state index contributed by atoms with van der Waals surface area (Å²) < 4.78 is 27.8. The van der Waals surface area contributed by atoms with E-state index in [0.717, 1.165) is 23.3 Å². The topological polar surface area (TPSA) is 122 Å². The molecule has 4 aromatic rings. The summed E-state index contributed by atoms with van der Waals surface area (Å²) >= 11 is 0. The van der Waals surface area contributed by atoms with Crippen LogP contribution in [0.2, 0.25) is 0 Å². The van der Waals surface area contributed by atoms with Crippen molar-refractivity contribution in [2.75, 3.05) is 11.9 Å². The Balaban J connectivity index is 1.22. The number of rotatable bonds is 7. The molecule has 0 aliphatic carbocycles. The minimum Gasteiger partial charge on any atom is -0.347 e. The molecule has 0 spiro atoms. The van der Waals surface area contributed by atoms with Gasteiger partial charge in [-0.2, -0.15) is 0 Å². The fraction of sp³-hybridized carbons (Fsp3) is 0.0741. The van der Waals surface area contributed by atoms with Crippen LogP contribution in [-0.4, -0.2) is 37.9 Å². The third-order valence-corrected chi connectivity index (χ3v) is 5.80. The third kappa shape index (κ3) is 5.16. The van der Waals surface area contributed by atoms with Gasteiger partial charge in [-0.05, 0) is 35.4 Å². The summed E-state index contributed by atoms with van der Waals surface area (Å²) in [4.78, 5) is 48.4. The number of amides is 2. The lowest BCUT2D eigenvalue weighted by atomic mass is 10.0. The second-order valence-corrected chi connectivity index (χ2v) is 8.39. The molecule has 1 aliphatic rings. The van der Waals surface area contributed by atoms with Gasteiger partial charge in [0.1, 0.15) is 0 Å². The molecular formula is C27H20F2N6O3. The number of fused-ring (bicyclic) bond motifs is 1. The number of hydrogen-bond donors (Lipinski definition) is 3. The number of carbonyl (C=O) groups is 2. The van der Waals surface area contributed by atoms with Gasteiger partial charge in [0.15, 0.2) is 17.3 Å². The Labute approximate surface area is 214 Å². The van der Waals surface area contributed by atoms with Gasteiger partial charge in [-0.25, -0.2) is 18.7 Å². The van der Waals surface area contributed by atoms with E-state index in [0.29, 0.717) is 22.5 Å². The first-order valence-electron chi connectivity index (χ1n) is 11.5. The van der Waals surface area contributed by atoms with Crippen molar-refractivity contribution < 1.29 is 18.4 Å². The van der Waals surface area contributed by atoms with Crippen LogP contribution in [-0.2, 0) is 11.3 Å². The highest BCUT2D eigenvalue weighted by molar-refractivity contribution is 6.34. The van der Waals surface area contributed by atoms with Crippen molar-refractivity contribution in [3.8, 4) is 0 Å². The summed E-state index contributed by atoms with van der Waals surface area (Å²) in [5.41, 5.74) is 2.86. The van der Waals surface area contributed by atoms with Gasteiger partial charge in [-0.1, -0.05) is 30.4 Å². The van der Waals surface area contributed by atoms with Crippen LogP contribution in [0.3, 0.4) is 0 Å². The van der Waals surface area contributed by atoms with Crippen LogP contribution < -0.4 is 16.2 Å². The van der Waals surface area contributed by atoms with Gasteiger partial charge in [0.05, 0.1) is 30.3 Å². The van der Waals surface area contributed by atoms with Crippen LogP contribution in [0.15, 0.2) is 72.2 Å². The standard InChI is InChI=1S/C27H20F2N6O3/c28-21-6-4-17(10-22(21)29)14-35-9-8-31-24(27(35)38)26(37)32-7-1-2-16-3-5-19-20(12-18-13-30-15-33-18)25(36)34-23(19)11-16/h1-6,8-13,15H,7,14H2,(H,30,33)(H,32,37)(H,34,36). The Morgan fingerprint density at radius 3 is 2.76 bits per heavy atom. The van der Waals surface area contributed by atoms with E-state index in [4.69, 9.17) is 0 Å². The zero-order valence-corrected chi connectivity index (χ0v) is 19.7. The number of H-pyrrole nitrogens is 1. The summed E-state index contributed by atoms with van der Waals surface area (Å²) in [7, 11) is 0. The second kappa shape index (κ2) is 10.4. The quantitative estimate of drug-likeness (QED) is 0.327. The maximum atomic E-state index is 13.5. The molecule has 2 amide bonds. The van der Waals surface area contributed by atoms with E-state index in [1.54, 1.807) is 24.4 Å². The average molecular weight is 514 g/mol. The Morgan fingerprint density at radius 1 is 1.11 bits per heavy atom. The lowest BCUT2D eigenvalue weighted by Crippen LogP contribution is -2.34. The lowest BCUT2D eigenvalue weighted by molar-refractivity contribution is -0.110. The highest BCUT2D eigenvalue weighted by Crippen LogP contribution is 2.33. The largest absolute Gasteiger partial charge is 0.347 e. The van der Waals surface area contributed by atoms with Crippen LogP contribution >= 0.6 is 0 Å². The normalized spacial score (nSPS) is 13.6. The van der Waals surface area contributed by atoms with Crippen molar-refractivity contribution in [3.05, 3.63) is 117 Å². The van der Waals surface area contributed by atoms with Crippen LogP contribution in [0, 0.1) is 11.6 Å². The highest BCUT2D eigenvalue weighted by atomic mass is 19.2. The maximum absolute atomic E-state index is 13.5. The number of anilines is 1. The van der Waals surface area contributed by atoms with Crippen LogP contribution in [0.25, 0.3) is 17.7 Å². The van der Waals surface area contributed by atoms with E-state index in [2.05, 4.69) is 25.6 Å². The molecule has 0 atom stereocenters. The lowest BCUT2D eigenvalue weighted by Gasteiger charge is -2.08. The van der Waals surface area contributed by atoms with Crippen molar-refractivity contribution >= 4 is 35.2 Å². The first kappa shape index (κ1) is 24.5. The Bertz CT molecular complexity index is 1660. The summed E-state index contributed by atoms with van der Waals surface area (Å²) in [5, 5.41) is 5.44. The predicted molar refractivity (Wildman–Crippen MR) is 137 cm³/mol. The maximum Gasteiger partial charge on any atom is 0.282 e. The van der Waals surface area contributed by atoms with Crippen LogP contribution in [0.1, 0.15) is 32.9 Å². The van der Waals surface area contributed by atoms with Gasteiger partial charge in [0, 0.05) is 30.2 Å². The van der Waals surface area contributed by atoms with Gasteiger partial charge in [0.2, 0.25) is 0 Å². The number of benzene rings is 2. The number of imidazole rings is 1.